The number of carbonyl (C=O) groups excluding carboxylic acids is 2. The smallest absolute Gasteiger partial charge is 0.196 e. The molecule has 1 atom stereocenters. The number of ketones is 2. The molecular weight excluding hydrogens is 729 g/mol. The monoisotopic (exact) mass is 762 g/mol. The molecule has 1 aromatic heterocycles. The van der Waals surface area contributed by atoms with Gasteiger partial charge in [-0.25, -0.2) is 0 Å². The van der Waals surface area contributed by atoms with Crippen LogP contribution in [0.1, 0.15) is 31.8 Å². The zero-order valence-corrected chi connectivity index (χ0v) is 33.4. The van der Waals surface area contributed by atoms with Gasteiger partial charge in [0.15, 0.2) is 19.6 Å². The first-order chi connectivity index (χ1) is 27.9. The molecule has 0 bridgehead atoms. The van der Waals surface area contributed by atoms with E-state index in [-0.39, 0.29) is 11.6 Å². The van der Waals surface area contributed by atoms with E-state index in [1.54, 1.807) is 0 Å². The number of para-hydroxylation sites is 2. The van der Waals surface area contributed by atoms with Crippen molar-refractivity contribution in [2.24, 2.45) is 0 Å². The van der Waals surface area contributed by atoms with Gasteiger partial charge in [0, 0.05) is 27.5 Å². The van der Waals surface area contributed by atoms with Crippen LogP contribution < -0.4 is 31.1 Å². The summed E-state index contributed by atoms with van der Waals surface area (Å²) in [4.78, 5) is 29.8. The average Bonchev–Trinajstić information content (AvgIpc) is 3.95. The molecule has 0 saturated carbocycles. The summed E-state index contributed by atoms with van der Waals surface area (Å²) in [6, 6.07) is 59.0. The fraction of sp³-hybridized carbons (Fsp3) is 0.0385. The Bertz CT molecular complexity index is 3270. The van der Waals surface area contributed by atoms with Gasteiger partial charge in [-0.2, -0.15) is 0 Å². The zero-order valence-electron chi connectivity index (χ0n) is 31.4. The van der Waals surface area contributed by atoms with Crippen LogP contribution in [0.2, 0.25) is 13.1 Å². The third-order valence-electron chi connectivity index (χ3n) is 13.1. The Kier molecular flexibility index (Phi) is 6.54. The molecule has 8 aromatic carbocycles. The number of rotatable bonds is 4. The number of fused-ring (bicyclic) bond motifs is 16. The van der Waals surface area contributed by atoms with E-state index in [1.165, 1.54) is 58.9 Å². The molecule has 5 heteroatoms. The van der Waals surface area contributed by atoms with Gasteiger partial charge in [-0.15, -0.1) is 0 Å². The second-order valence-corrected chi connectivity index (χ2v) is 24.1. The van der Waals surface area contributed by atoms with E-state index in [4.69, 9.17) is 4.42 Å². The standard InChI is InChI=1S/C52H34O3Si2/c1-56(2)44-22-8-4-16-36(44)40-18-12-20-42(52(40)56)50(54)32-26-28-38-35-15-6-10-24-46(35)57(48(38)30-32)45-23-9-5-14-34(45)37-27-25-31(29-47(37)57)49(53)41-19-11-17-39-33-13-3-7-21-43(33)55-51(39)41/h3-30H,1-2H3. The first-order valence-electron chi connectivity index (χ1n) is 19.6. The highest BCUT2D eigenvalue weighted by atomic mass is 28.3. The summed E-state index contributed by atoms with van der Waals surface area (Å²) >= 11 is 0. The highest BCUT2D eigenvalue weighted by Crippen LogP contribution is 2.38. The van der Waals surface area contributed by atoms with Crippen molar-refractivity contribution in [2.45, 2.75) is 13.1 Å². The minimum Gasteiger partial charge on any atom is -0.455 e. The van der Waals surface area contributed by atoms with E-state index < -0.39 is 16.1 Å². The molecule has 1 spiro atoms. The van der Waals surface area contributed by atoms with Crippen molar-refractivity contribution in [2.75, 3.05) is 0 Å². The molecule has 9 aromatic rings. The number of hydrogen-bond donors (Lipinski definition) is 0. The summed E-state index contributed by atoms with van der Waals surface area (Å²) in [6.45, 7) is 4.74. The Morgan fingerprint density at radius 2 is 0.895 bits per heavy atom. The van der Waals surface area contributed by atoms with Crippen molar-refractivity contribution < 1.29 is 14.0 Å². The highest BCUT2D eigenvalue weighted by Gasteiger charge is 2.54. The Labute approximate surface area is 331 Å². The maximum atomic E-state index is 15.1. The van der Waals surface area contributed by atoms with Crippen LogP contribution in [0.3, 0.4) is 0 Å². The predicted molar refractivity (Wildman–Crippen MR) is 237 cm³/mol. The Balaban J connectivity index is 1.06. The molecule has 0 N–H and O–H groups in total. The fourth-order valence-electron chi connectivity index (χ4n) is 10.7. The first kappa shape index (κ1) is 32.6. The van der Waals surface area contributed by atoms with Gasteiger partial charge in [-0.1, -0.05) is 171 Å². The Morgan fingerprint density at radius 1 is 0.421 bits per heavy atom. The SMILES string of the molecule is C[Si]1(C)c2ccccc2-c2cccc(C(=O)c3ccc4c(c3)[Si]3(c5ccccc5-4)c4ccccc4-c4ccc(C(=O)c5cccc6c5oc5ccccc56)cc43)c21. The van der Waals surface area contributed by atoms with Crippen molar-refractivity contribution in [1.82, 2.24) is 0 Å². The predicted octanol–water partition coefficient (Wildman–Crippen LogP) is 8.19. The molecule has 4 heterocycles. The van der Waals surface area contributed by atoms with Crippen LogP contribution in [-0.2, 0) is 0 Å². The lowest BCUT2D eigenvalue weighted by molar-refractivity contribution is 0.103. The first-order valence-corrected chi connectivity index (χ1v) is 24.6. The molecule has 3 nitrogen and oxygen atoms in total. The van der Waals surface area contributed by atoms with Gasteiger partial charge in [0.1, 0.15) is 19.2 Å². The quantitative estimate of drug-likeness (QED) is 0.134. The van der Waals surface area contributed by atoms with E-state index in [0.717, 1.165) is 27.5 Å². The summed E-state index contributed by atoms with van der Waals surface area (Å²) in [6.07, 6.45) is 0. The maximum Gasteiger partial charge on any atom is 0.196 e. The molecule has 3 aliphatic heterocycles. The molecule has 268 valence electrons. The van der Waals surface area contributed by atoms with Crippen LogP contribution in [-0.4, -0.2) is 27.7 Å². The number of hydrogen-bond acceptors (Lipinski definition) is 3. The van der Waals surface area contributed by atoms with Crippen LogP contribution in [0.25, 0.3) is 55.3 Å². The second kappa shape index (κ2) is 11.4. The van der Waals surface area contributed by atoms with Gasteiger partial charge in [-0.05, 0) is 76.6 Å². The topological polar surface area (TPSA) is 47.3 Å². The normalized spacial score (nSPS) is 16.2. The highest BCUT2D eigenvalue weighted by molar-refractivity contribution is 7.24. The lowest BCUT2D eigenvalue weighted by Crippen LogP contribution is -2.70. The van der Waals surface area contributed by atoms with Crippen LogP contribution in [0, 0.1) is 0 Å². The van der Waals surface area contributed by atoms with Gasteiger partial charge in [0.2, 0.25) is 0 Å². The summed E-state index contributed by atoms with van der Waals surface area (Å²) in [5.74, 6) is 0.00112. The molecular formula is C52H34O3Si2. The van der Waals surface area contributed by atoms with E-state index >= 15 is 4.79 Å². The minimum absolute atomic E-state index is 0.0660. The summed E-state index contributed by atoms with van der Waals surface area (Å²) < 4.78 is 6.35. The van der Waals surface area contributed by atoms with Crippen LogP contribution in [0.4, 0.5) is 0 Å². The van der Waals surface area contributed by atoms with E-state index in [9.17, 15) is 4.79 Å². The van der Waals surface area contributed by atoms with E-state index in [1.807, 2.05) is 66.7 Å². The van der Waals surface area contributed by atoms with Crippen molar-refractivity contribution in [3.05, 3.63) is 192 Å². The molecule has 1 unspecified atom stereocenters. The van der Waals surface area contributed by atoms with E-state index in [2.05, 4.69) is 116 Å². The Hall–Kier alpha value is -6.67. The molecule has 12 rings (SSSR count). The third-order valence-corrected chi connectivity index (χ3v) is 21.6. The zero-order chi connectivity index (χ0) is 38.2. The summed E-state index contributed by atoms with van der Waals surface area (Å²) in [5.41, 5.74) is 11.3. The number of furan rings is 1. The van der Waals surface area contributed by atoms with Gasteiger partial charge in [-0.3, -0.25) is 9.59 Å². The molecule has 0 fully saturated rings. The maximum absolute atomic E-state index is 15.1. The van der Waals surface area contributed by atoms with Crippen molar-refractivity contribution in [1.29, 1.82) is 0 Å². The van der Waals surface area contributed by atoms with Crippen molar-refractivity contribution in [3.63, 3.8) is 0 Å². The van der Waals surface area contributed by atoms with Gasteiger partial charge in [0.05, 0.1) is 5.56 Å². The van der Waals surface area contributed by atoms with E-state index in [0.29, 0.717) is 22.3 Å². The molecule has 0 saturated heterocycles. The average molecular weight is 763 g/mol. The lowest BCUT2D eigenvalue weighted by atomic mass is 9.96. The Morgan fingerprint density at radius 3 is 1.56 bits per heavy atom. The van der Waals surface area contributed by atoms with Crippen LogP contribution in [0.15, 0.2) is 174 Å². The van der Waals surface area contributed by atoms with Crippen molar-refractivity contribution >= 4 is 80.8 Å². The van der Waals surface area contributed by atoms with Gasteiger partial charge >= 0.3 is 0 Å². The van der Waals surface area contributed by atoms with Crippen molar-refractivity contribution in [3.8, 4) is 33.4 Å². The lowest BCUT2D eigenvalue weighted by Gasteiger charge is -2.28. The largest absolute Gasteiger partial charge is 0.455 e. The third kappa shape index (κ3) is 4.14. The van der Waals surface area contributed by atoms with Crippen LogP contribution in [0.5, 0.6) is 0 Å². The van der Waals surface area contributed by atoms with Crippen LogP contribution >= 0.6 is 0 Å². The molecule has 3 aliphatic rings. The molecule has 0 amide bonds. The fourth-order valence-corrected chi connectivity index (χ4v) is 19.8. The number of carbonyl (C=O) groups is 2. The van der Waals surface area contributed by atoms with Gasteiger partial charge in [0.25, 0.3) is 0 Å². The second-order valence-electron chi connectivity index (χ2n) is 16.2. The molecule has 0 aliphatic carbocycles. The summed E-state index contributed by atoms with van der Waals surface area (Å²) in [5, 5.41) is 9.53. The molecule has 57 heavy (non-hydrogen) atoms. The summed E-state index contributed by atoms with van der Waals surface area (Å²) in [7, 11) is -5.15. The molecule has 0 radical (unpaired) electrons. The minimum atomic E-state index is -3.01. The number of benzene rings is 8. The van der Waals surface area contributed by atoms with Gasteiger partial charge < -0.3 is 4.42 Å².